The van der Waals surface area contributed by atoms with E-state index < -0.39 is 0 Å². The van der Waals surface area contributed by atoms with E-state index in [1.165, 1.54) is 11.1 Å². The molecular weight excluding hydrogens is 242 g/mol. The smallest absolute Gasteiger partial charge is 0.0390 e. The van der Waals surface area contributed by atoms with E-state index in [9.17, 15) is 0 Å². The van der Waals surface area contributed by atoms with Crippen molar-refractivity contribution in [3.8, 4) is 0 Å². The van der Waals surface area contributed by atoms with E-state index in [1.807, 2.05) is 36.4 Å². The quantitative estimate of drug-likeness (QED) is 0.608. The second-order valence-electron chi connectivity index (χ2n) is 5.13. The Balaban J connectivity index is 2.28. The van der Waals surface area contributed by atoms with Crippen LogP contribution in [0.15, 0.2) is 66.7 Å². The normalized spacial score (nSPS) is 12.2. The zero-order valence-corrected chi connectivity index (χ0v) is 12.1. The van der Waals surface area contributed by atoms with Gasteiger partial charge in [-0.2, -0.15) is 0 Å². The molecule has 2 N–H and O–H groups in total. The van der Waals surface area contributed by atoms with Gasteiger partial charge in [0.25, 0.3) is 0 Å². The molecule has 0 bridgehead atoms. The molecular formula is C19H21N. The zero-order chi connectivity index (χ0) is 14.4. The lowest BCUT2D eigenvalue weighted by atomic mass is 9.93. The Morgan fingerprint density at radius 3 is 2.25 bits per heavy atom. The Morgan fingerprint density at radius 1 is 0.950 bits per heavy atom. The highest BCUT2D eigenvalue weighted by Crippen LogP contribution is 2.27. The van der Waals surface area contributed by atoms with Crippen LogP contribution in [0.2, 0.25) is 0 Å². The SMILES string of the molecule is CC(C)/C(=C/C=C/c1ccccc1)c1ccccc1N. The summed E-state index contributed by atoms with van der Waals surface area (Å²) in [6, 6.07) is 18.3. The number of allylic oxidation sites excluding steroid dienone is 3. The molecule has 0 spiro atoms. The van der Waals surface area contributed by atoms with Crippen LogP contribution in [-0.2, 0) is 0 Å². The van der Waals surface area contributed by atoms with Crippen molar-refractivity contribution in [2.24, 2.45) is 5.92 Å². The number of nitrogen functional groups attached to an aromatic ring is 1. The fourth-order valence-corrected chi connectivity index (χ4v) is 2.18. The minimum Gasteiger partial charge on any atom is -0.398 e. The average Bonchev–Trinajstić information content (AvgIpc) is 2.45. The molecule has 1 nitrogen and oxygen atoms in total. The van der Waals surface area contributed by atoms with Gasteiger partial charge in [-0.05, 0) is 23.1 Å². The van der Waals surface area contributed by atoms with Crippen LogP contribution in [0.5, 0.6) is 0 Å². The largest absolute Gasteiger partial charge is 0.398 e. The lowest BCUT2D eigenvalue weighted by Gasteiger charge is -2.13. The third-order valence-electron chi connectivity index (χ3n) is 3.26. The second-order valence-corrected chi connectivity index (χ2v) is 5.13. The Hall–Kier alpha value is -2.28. The molecule has 0 atom stereocenters. The summed E-state index contributed by atoms with van der Waals surface area (Å²) in [6.07, 6.45) is 6.36. The lowest BCUT2D eigenvalue weighted by Crippen LogP contribution is -1.98. The summed E-state index contributed by atoms with van der Waals surface area (Å²) in [7, 11) is 0. The first kappa shape index (κ1) is 14.1. The van der Waals surface area contributed by atoms with Crippen LogP contribution in [0.3, 0.4) is 0 Å². The van der Waals surface area contributed by atoms with Gasteiger partial charge in [0.05, 0.1) is 0 Å². The van der Waals surface area contributed by atoms with Gasteiger partial charge in [0.1, 0.15) is 0 Å². The van der Waals surface area contributed by atoms with Gasteiger partial charge >= 0.3 is 0 Å². The molecule has 2 rings (SSSR count). The van der Waals surface area contributed by atoms with Crippen LogP contribution >= 0.6 is 0 Å². The van der Waals surface area contributed by atoms with Crippen molar-refractivity contribution >= 4 is 17.3 Å². The summed E-state index contributed by atoms with van der Waals surface area (Å²) in [5.74, 6) is 0.431. The van der Waals surface area contributed by atoms with Crippen molar-refractivity contribution < 1.29 is 0 Å². The van der Waals surface area contributed by atoms with Crippen molar-refractivity contribution in [3.05, 3.63) is 77.9 Å². The molecule has 0 amide bonds. The maximum atomic E-state index is 6.08. The van der Waals surface area contributed by atoms with Gasteiger partial charge in [-0.25, -0.2) is 0 Å². The van der Waals surface area contributed by atoms with Crippen LogP contribution in [-0.4, -0.2) is 0 Å². The highest BCUT2D eigenvalue weighted by molar-refractivity contribution is 5.77. The predicted octanol–water partition coefficient (Wildman–Crippen LogP) is 5.02. The van der Waals surface area contributed by atoms with Gasteiger partial charge in [-0.1, -0.05) is 80.6 Å². The summed E-state index contributed by atoms with van der Waals surface area (Å²) in [4.78, 5) is 0. The summed E-state index contributed by atoms with van der Waals surface area (Å²) in [6.45, 7) is 4.38. The molecule has 0 unspecified atom stereocenters. The fraction of sp³-hybridized carbons (Fsp3) is 0.158. The molecule has 1 heteroatoms. The van der Waals surface area contributed by atoms with E-state index in [0.29, 0.717) is 5.92 Å². The number of para-hydroxylation sites is 1. The van der Waals surface area contributed by atoms with E-state index in [4.69, 9.17) is 5.73 Å². The van der Waals surface area contributed by atoms with Crippen LogP contribution in [0.25, 0.3) is 11.6 Å². The van der Waals surface area contributed by atoms with Crippen molar-refractivity contribution in [1.29, 1.82) is 0 Å². The van der Waals surface area contributed by atoms with Gasteiger partial charge in [-0.15, -0.1) is 0 Å². The summed E-state index contributed by atoms with van der Waals surface area (Å²) in [5, 5.41) is 0. The van der Waals surface area contributed by atoms with Crippen molar-refractivity contribution in [2.75, 3.05) is 5.73 Å². The van der Waals surface area contributed by atoms with E-state index >= 15 is 0 Å². The minimum absolute atomic E-state index is 0.431. The third kappa shape index (κ3) is 3.61. The Bertz CT molecular complexity index is 607. The minimum atomic E-state index is 0.431. The third-order valence-corrected chi connectivity index (χ3v) is 3.26. The maximum absolute atomic E-state index is 6.08. The standard InChI is InChI=1S/C19H21N/c1-15(2)17(18-12-6-7-14-19(18)20)13-8-11-16-9-4-3-5-10-16/h3-15H,20H2,1-2H3/b11-8+,17-13-. The van der Waals surface area contributed by atoms with E-state index in [0.717, 1.165) is 11.3 Å². The second kappa shape index (κ2) is 6.76. The highest BCUT2D eigenvalue weighted by atomic mass is 14.6. The van der Waals surface area contributed by atoms with E-state index in [2.05, 4.69) is 50.3 Å². The van der Waals surface area contributed by atoms with Gasteiger partial charge < -0.3 is 5.73 Å². The molecule has 0 aliphatic heterocycles. The van der Waals surface area contributed by atoms with E-state index in [1.54, 1.807) is 0 Å². The van der Waals surface area contributed by atoms with Gasteiger partial charge in [-0.3, -0.25) is 0 Å². The van der Waals surface area contributed by atoms with Crippen molar-refractivity contribution in [3.63, 3.8) is 0 Å². The first-order valence-corrected chi connectivity index (χ1v) is 6.96. The van der Waals surface area contributed by atoms with Crippen LogP contribution in [0.4, 0.5) is 5.69 Å². The van der Waals surface area contributed by atoms with Crippen molar-refractivity contribution in [2.45, 2.75) is 13.8 Å². The monoisotopic (exact) mass is 263 g/mol. The number of benzene rings is 2. The van der Waals surface area contributed by atoms with Crippen LogP contribution < -0.4 is 5.73 Å². The molecule has 2 aromatic carbocycles. The van der Waals surface area contributed by atoms with E-state index in [-0.39, 0.29) is 0 Å². The number of hydrogen-bond acceptors (Lipinski definition) is 1. The molecule has 20 heavy (non-hydrogen) atoms. The molecule has 2 aromatic rings. The molecule has 0 saturated heterocycles. The zero-order valence-electron chi connectivity index (χ0n) is 12.1. The summed E-state index contributed by atoms with van der Waals surface area (Å²) < 4.78 is 0. The number of anilines is 1. The highest BCUT2D eigenvalue weighted by Gasteiger charge is 2.07. The number of hydrogen-bond donors (Lipinski definition) is 1. The first-order chi connectivity index (χ1) is 9.68. The number of rotatable bonds is 4. The predicted molar refractivity (Wildman–Crippen MR) is 89.1 cm³/mol. The lowest BCUT2D eigenvalue weighted by molar-refractivity contribution is 0.856. The van der Waals surface area contributed by atoms with Gasteiger partial charge in [0.15, 0.2) is 0 Å². The first-order valence-electron chi connectivity index (χ1n) is 6.96. The summed E-state index contributed by atoms with van der Waals surface area (Å²) in [5.41, 5.74) is 10.5. The maximum Gasteiger partial charge on any atom is 0.0390 e. The van der Waals surface area contributed by atoms with Crippen molar-refractivity contribution in [1.82, 2.24) is 0 Å². The van der Waals surface area contributed by atoms with Crippen LogP contribution in [0.1, 0.15) is 25.0 Å². The molecule has 0 radical (unpaired) electrons. The van der Waals surface area contributed by atoms with Gasteiger partial charge in [0.2, 0.25) is 0 Å². The number of nitrogens with two attached hydrogens (primary N) is 1. The molecule has 0 aliphatic rings. The molecule has 0 saturated carbocycles. The van der Waals surface area contributed by atoms with Crippen LogP contribution in [0, 0.1) is 5.92 Å². The summed E-state index contributed by atoms with van der Waals surface area (Å²) >= 11 is 0. The molecule has 0 heterocycles. The molecule has 0 fully saturated rings. The molecule has 0 aliphatic carbocycles. The fourth-order valence-electron chi connectivity index (χ4n) is 2.18. The Labute approximate surface area is 121 Å². The average molecular weight is 263 g/mol. The molecule has 102 valence electrons. The Kier molecular flexibility index (Phi) is 4.78. The topological polar surface area (TPSA) is 26.0 Å². The Morgan fingerprint density at radius 2 is 1.60 bits per heavy atom. The van der Waals surface area contributed by atoms with Gasteiger partial charge in [0, 0.05) is 11.3 Å². The molecule has 0 aromatic heterocycles.